The number of benzene rings is 1. The molecule has 3 N–H and O–H groups in total. The first kappa shape index (κ1) is 20.5. The molecule has 1 aromatic carbocycles. The molecule has 0 bridgehead atoms. The van der Waals surface area contributed by atoms with E-state index in [1.165, 1.54) is 16.7 Å². The summed E-state index contributed by atoms with van der Waals surface area (Å²) in [6, 6.07) is 7.78. The van der Waals surface area contributed by atoms with Gasteiger partial charge in [-0.2, -0.15) is 5.26 Å². The largest absolute Gasteiger partial charge is 0.497 e. The number of nitriles is 1. The van der Waals surface area contributed by atoms with Gasteiger partial charge in [0.05, 0.1) is 25.8 Å². The number of carbonyl (C=O) groups is 1. The maximum Gasteiger partial charge on any atom is 0.225 e. The third-order valence-corrected chi connectivity index (χ3v) is 5.86. The molecule has 1 fully saturated rings. The molecule has 0 aromatic heterocycles. The number of ether oxygens (including phenoxy) is 1. The van der Waals surface area contributed by atoms with E-state index in [1.807, 2.05) is 30.3 Å². The zero-order chi connectivity index (χ0) is 19.3. The predicted octanol–water partition coefficient (Wildman–Crippen LogP) is 1.82. The van der Waals surface area contributed by atoms with Gasteiger partial charge in [-0.25, -0.2) is 4.39 Å². The molecule has 2 rings (SSSR count). The van der Waals surface area contributed by atoms with Crippen LogP contribution in [0.4, 0.5) is 4.39 Å². The maximum atomic E-state index is 13.5. The lowest BCUT2D eigenvalue weighted by atomic mass is 10.1. The van der Waals surface area contributed by atoms with Crippen molar-refractivity contribution in [1.82, 2.24) is 4.90 Å². The van der Waals surface area contributed by atoms with Crippen LogP contribution in [0.15, 0.2) is 24.3 Å². The number of nitrogens with zero attached hydrogens (tertiary/aromatic N) is 2. The summed E-state index contributed by atoms with van der Waals surface area (Å²) in [7, 11) is 1.59. The fourth-order valence-corrected chi connectivity index (χ4v) is 3.68. The average molecular weight is 381 g/mol. The Morgan fingerprint density at radius 3 is 2.81 bits per heavy atom. The highest BCUT2D eigenvalue weighted by atomic mass is 32.2. The smallest absolute Gasteiger partial charge is 0.225 e. The molecule has 1 heterocycles. The molecule has 0 aliphatic carbocycles. The fraction of sp³-hybridized carbons (Fsp3) is 0.556. The summed E-state index contributed by atoms with van der Waals surface area (Å²) in [5.41, 5.74) is 7.02. The molecule has 0 radical (unpaired) electrons. The van der Waals surface area contributed by atoms with E-state index in [2.05, 4.69) is 0 Å². The van der Waals surface area contributed by atoms with Crippen molar-refractivity contribution in [2.45, 2.75) is 48.7 Å². The second kappa shape index (κ2) is 8.71. The van der Waals surface area contributed by atoms with Crippen molar-refractivity contribution >= 4 is 17.7 Å². The summed E-state index contributed by atoms with van der Waals surface area (Å²) >= 11 is 1.22. The zero-order valence-electron chi connectivity index (χ0n) is 14.9. The van der Waals surface area contributed by atoms with Crippen LogP contribution in [-0.2, 0) is 10.5 Å². The molecule has 0 saturated carbocycles. The van der Waals surface area contributed by atoms with Gasteiger partial charge >= 0.3 is 0 Å². The van der Waals surface area contributed by atoms with Crippen molar-refractivity contribution in [3.8, 4) is 11.8 Å². The first-order valence-corrected chi connectivity index (χ1v) is 9.33. The molecule has 1 amide bonds. The number of hydrogen-bond donors (Lipinski definition) is 2. The third-order valence-electron chi connectivity index (χ3n) is 4.49. The Bertz CT molecular complexity index is 663. The monoisotopic (exact) mass is 381 g/mol. The molecule has 4 unspecified atom stereocenters. The Labute approximate surface area is 157 Å². The van der Waals surface area contributed by atoms with E-state index in [4.69, 9.17) is 15.7 Å². The number of aliphatic hydroxyl groups is 1. The van der Waals surface area contributed by atoms with Gasteiger partial charge in [0.1, 0.15) is 22.9 Å². The first-order valence-electron chi connectivity index (χ1n) is 8.34. The summed E-state index contributed by atoms with van der Waals surface area (Å²) < 4.78 is 18.6. The summed E-state index contributed by atoms with van der Waals surface area (Å²) in [6.45, 7) is 1.47. The third kappa shape index (κ3) is 5.10. The van der Waals surface area contributed by atoms with E-state index in [1.54, 1.807) is 14.0 Å². The molecule has 26 heavy (non-hydrogen) atoms. The van der Waals surface area contributed by atoms with E-state index in [9.17, 15) is 14.3 Å². The molecule has 1 aromatic rings. The summed E-state index contributed by atoms with van der Waals surface area (Å²) in [5, 5.41) is 19.7. The van der Waals surface area contributed by atoms with Gasteiger partial charge in [-0.1, -0.05) is 12.1 Å². The van der Waals surface area contributed by atoms with Crippen LogP contribution in [0, 0.1) is 11.3 Å². The number of alkyl halides is 1. The number of likely N-dealkylation sites (tertiary alicyclic amines) is 1. The van der Waals surface area contributed by atoms with Crippen molar-refractivity contribution in [3.05, 3.63) is 29.8 Å². The Morgan fingerprint density at radius 1 is 1.58 bits per heavy atom. The lowest BCUT2D eigenvalue weighted by Crippen LogP contribution is -2.47. The average Bonchev–Trinajstić information content (AvgIpc) is 3.01. The standard InChI is InChI=1S/C18H24FN3O3S/c1-18(24,26-11-12-3-5-15(25-2)6-4-12)16(21)8-17(23)22-10-13(19)7-14(22)9-20/h3-6,13-14,16,24H,7-8,10-11,21H2,1-2H3. The SMILES string of the molecule is COc1ccc(CSC(C)(O)C(N)CC(=O)N2CC(F)CC2C#N)cc1. The molecular weight excluding hydrogens is 357 g/mol. The topological polar surface area (TPSA) is 99.6 Å². The number of methoxy groups -OCH3 is 1. The minimum atomic E-state index is -1.34. The fourth-order valence-electron chi connectivity index (χ4n) is 2.74. The van der Waals surface area contributed by atoms with Crippen LogP contribution in [0.1, 0.15) is 25.3 Å². The van der Waals surface area contributed by atoms with Gasteiger partial charge < -0.3 is 20.5 Å². The highest BCUT2D eigenvalue weighted by Crippen LogP contribution is 2.31. The van der Waals surface area contributed by atoms with Gasteiger partial charge in [0.25, 0.3) is 0 Å². The Morgan fingerprint density at radius 2 is 2.23 bits per heavy atom. The molecule has 4 atom stereocenters. The van der Waals surface area contributed by atoms with Crippen LogP contribution in [0.3, 0.4) is 0 Å². The van der Waals surface area contributed by atoms with Gasteiger partial charge in [0, 0.05) is 18.6 Å². The molecule has 1 saturated heterocycles. The summed E-state index contributed by atoms with van der Waals surface area (Å²) in [6.07, 6.45) is -1.31. The van der Waals surface area contributed by atoms with Crippen molar-refractivity contribution in [2.24, 2.45) is 5.73 Å². The number of hydrogen-bond acceptors (Lipinski definition) is 6. The van der Waals surface area contributed by atoms with E-state index in [0.29, 0.717) is 5.75 Å². The van der Waals surface area contributed by atoms with Crippen LogP contribution in [0.2, 0.25) is 0 Å². The van der Waals surface area contributed by atoms with E-state index in [0.717, 1.165) is 11.3 Å². The second-order valence-corrected chi connectivity index (χ2v) is 7.93. The number of rotatable bonds is 7. The second-order valence-electron chi connectivity index (χ2n) is 6.53. The first-order chi connectivity index (χ1) is 12.3. The van der Waals surface area contributed by atoms with E-state index < -0.39 is 29.1 Å². The van der Waals surface area contributed by atoms with Crippen LogP contribution in [0.5, 0.6) is 5.75 Å². The van der Waals surface area contributed by atoms with Crippen LogP contribution < -0.4 is 10.5 Å². The highest BCUT2D eigenvalue weighted by Gasteiger charge is 2.38. The molecule has 0 spiro atoms. The molecule has 1 aliphatic rings. The normalized spacial score (nSPS) is 23.2. The summed E-state index contributed by atoms with van der Waals surface area (Å²) in [4.78, 5) is 12.2. The number of amides is 1. The number of halogens is 1. The predicted molar refractivity (Wildman–Crippen MR) is 98.1 cm³/mol. The zero-order valence-corrected chi connectivity index (χ0v) is 15.7. The van der Waals surface area contributed by atoms with Crippen molar-refractivity contribution in [2.75, 3.05) is 13.7 Å². The van der Waals surface area contributed by atoms with Crippen molar-refractivity contribution in [1.29, 1.82) is 5.26 Å². The minimum absolute atomic E-state index is 0.0279. The lowest BCUT2D eigenvalue weighted by molar-refractivity contribution is -0.132. The molecule has 6 nitrogen and oxygen atoms in total. The van der Waals surface area contributed by atoms with Crippen molar-refractivity contribution < 1.29 is 19.0 Å². The van der Waals surface area contributed by atoms with Crippen LogP contribution >= 0.6 is 11.8 Å². The highest BCUT2D eigenvalue weighted by molar-refractivity contribution is 7.99. The van der Waals surface area contributed by atoms with E-state index >= 15 is 0 Å². The minimum Gasteiger partial charge on any atom is -0.497 e. The van der Waals surface area contributed by atoms with Crippen molar-refractivity contribution in [3.63, 3.8) is 0 Å². The lowest BCUT2D eigenvalue weighted by Gasteiger charge is -2.31. The Hall–Kier alpha value is -1.82. The van der Waals surface area contributed by atoms with Gasteiger partial charge in [-0.15, -0.1) is 11.8 Å². The molecule has 142 valence electrons. The molecular formula is C18H24FN3O3S. The van der Waals surface area contributed by atoms with Crippen LogP contribution in [-0.4, -0.2) is 52.8 Å². The van der Waals surface area contributed by atoms with Gasteiger partial charge in [0.15, 0.2) is 0 Å². The Kier molecular flexibility index (Phi) is 6.87. The molecule has 1 aliphatic heterocycles. The van der Waals surface area contributed by atoms with Gasteiger partial charge in [0.2, 0.25) is 5.91 Å². The number of thioether (sulfide) groups is 1. The number of carbonyl (C=O) groups excluding carboxylic acids is 1. The van der Waals surface area contributed by atoms with Gasteiger partial charge in [-0.3, -0.25) is 4.79 Å². The van der Waals surface area contributed by atoms with Gasteiger partial charge in [-0.05, 0) is 24.6 Å². The molecule has 8 heteroatoms. The van der Waals surface area contributed by atoms with Crippen LogP contribution in [0.25, 0.3) is 0 Å². The van der Waals surface area contributed by atoms with E-state index in [-0.39, 0.29) is 19.4 Å². The number of nitrogens with two attached hydrogens (primary N) is 1. The quantitative estimate of drug-likeness (QED) is 0.699. The maximum absolute atomic E-state index is 13.5. The summed E-state index contributed by atoms with van der Waals surface area (Å²) in [5.74, 6) is 0.849. The Balaban J connectivity index is 1.90.